The van der Waals surface area contributed by atoms with Crippen molar-refractivity contribution in [1.82, 2.24) is 14.6 Å². The number of nitrogens with one attached hydrogen (secondary N) is 2. The molecule has 0 radical (unpaired) electrons. The van der Waals surface area contributed by atoms with Crippen LogP contribution >= 0.6 is 0 Å². The molecule has 2 N–H and O–H groups in total. The highest BCUT2D eigenvalue weighted by molar-refractivity contribution is 7.89. The number of benzene rings is 2. The van der Waals surface area contributed by atoms with Gasteiger partial charge in [-0.3, -0.25) is 4.90 Å². The Labute approximate surface area is 157 Å². The maximum atomic E-state index is 12.9. The summed E-state index contributed by atoms with van der Waals surface area (Å²) in [6, 6.07) is 12.5. The van der Waals surface area contributed by atoms with E-state index in [4.69, 9.17) is 4.74 Å². The molecule has 4 rings (SSSR count). The minimum absolute atomic E-state index is 0.0743. The topological polar surface area (TPSA) is 74.4 Å². The fraction of sp³-hybridized carbons (Fsp3) is 0.263. The molecule has 8 heteroatoms. The van der Waals surface area contributed by atoms with Crippen molar-refractivity contribution in [2.75, 3.05) is 26.2 Å². The summed E-state index contributed by atoms with van der Waals surface area (Å²) in [7, 11) is -3.62. The zero-order valence-corrected chi connectivity index (χ0v) is 15.4. The van der Waals surface area contributed by atoms with Gasteiger partial charge in [0.2, 0.25) is 10.0 Å². The predicted octanol–water partition coefficient (Wildman–Crippen LogP) is 2.35. The van der Waals surface area contributed by atoms with Gasteiger partial charge in [-0.05, 0) is 42.5 Å². The molecule has 27 heavy (non-hydrogen) atoms. The molecule has 0 atom stereocenters. The van der Waals surface area contributed by atoms with Crippen molar-refractivity contribution in [2.24, 2.45) is 0 Å². The minimum atomic E-state index is -3.62. The lowest BCUT2D eigenvalue weighted by molar-refractivity contribution is 0.117. The third kappa shape index (κ3) is 3.97. The number of nitrogens with zero attached hydrogens (tertiary/aromatic N) is 1. The van der Waals surface area contributed by atoms with Gasteiger partial charge in [-0.1, -0.05) is 6.07 Å². The van der Waals surface area contributed by atoms with Gasteiger partial charge in [0.05, 0.1) is 4.90 Å². The fourth-order valence-electron chi connectivity index (χ4n) is 3.20. The summed E-state index contributed by atoms with van der Waals surface area (Å²) in [5.41, 5.74) is 1.03. The number of aromatic amines is 1. The first-order valence-corrected chi connectivity index (χ1v) is 10.2. The van der Waals surface area contributed by atoms with E-state index in [1.54, 1.807) is 0 Å². The number of halogens is 1. The van der Waals surface area contributed by atoms with Gasteiger partial charge >= 0.3 is 0 Å². The molecule has 0 spiro atoms. The lowest BCUT2D eigenvalue weighted by atomic mass is 10.1. The highest BCUT2D eigenvalue weighted by Crippen LogP contribution is 2.24. The van der Waals surface area contributed by atoms with Crippen LogP contribution in [-0.2, 0) is 10.0 Å². The van der Waals surface area contributed by atoms with Crippen molar-refractivity contribution in [3.8, 4) is 5.75 Å². The summed E-state index contributed by atoms with van der Waals surface area (Å²) in [5.74, 6) is 0.377. The number of fused-ring (bicyclic) bond motifs is 1. The molecule has 1 aliphatic rings. The lowest BCUT2D eigenvalue weighted by Gasteiger charge is -2.39. The molecule has 0 unspecified atom stereocenters. The average molecular weight is 389 g/mol. The van der Waals surface area contributed by atoms with Gasteiger partial charge < -0.3 is 9.72 Å². The number of sulfonamides is 1. The van der Waals surface area contributed by atoms with Crippen LogP contribution in [0.5, 0.6) is 5.75 Å². The molecule has 2 heterocycles. The van der Waals surface area contributed by atoms with E-state index in [0.29, 0.717) is 19.7 Å². The van der Waals surface area contributed by atoms with Crippen molar-refractivity contribution in [2.45, 2.75) is 10.9 Å². The van der Waals surface area contributed by atoms with E-state index in [2.05, 4.69) is 14.6 Å². The Bertz CT molecular complexity index is 1030. The van der Waals surface area contributed by atoms with Gasteiger partial charge in [0, 0.05) is 42.8 Å². The van der Waals surface area contributed by atoms with E-state index in [1.165, 1.54) is 12.1 Å². The van der Waals surface area contributed by atoms with Crippen LogP contribution in [0.25, 0.3) is 10.9 Å². The monoisotopic (exact) mass is 389 g/mol. The minimum Gasteiger partial charge on any atom is -0.492 e. The summed E-state index contributed by atoms with van der Waals surface area (Å²) in [5, 5.41) is 1.05. The average Bonchev–Trinajstić information content (AvgIpc) is 3.09. The van der Waals surface area contributed by atoms with Crippen LogP contribution in [0.1, 0.15) is 0 Å². The molecule has 1 saturated heterocycles. The van der Waals surface area contributed by atoms with E-state index >= 15 is 0 Å². The molecule has 142 valence electrons. The molecule has 0 saturated carbocycles. The van der Waals surface area contributed by atoms with E-state index in [9.17, 15) is 12.8 Å². The lowest BCUT2D eigenvalue weighted by Crippen LogP contribution is -2.59. The second kappa shape index (κ2) is 7.30. The molecule has 0 amide bonds. The third-order valence-corrected chi connectivity index (χ3v) is 6.16. The molecule has 0 aliphatic carbocycles. The number of hydrogen-bond donors (Lipinski definition) is 2. The molecular formula is C19H20FN3O3S. The highest BCUT2D eigenvalue weighted by atomic mass is 32.2. The van der Waals surface area contributed by atoms with Crippen molar-refractivity contribution in [1.29, 1.82) is 0 Å². The smallest absolute Gasteiger partial charge is 0.240 e. The molecular weight excluding hydrogens is 369 g/mol. The summed E-state index contributed by atoms with van der Waals surface area (Å²) >= 11 is 0. The van der Waals surface area contributed by atoms with Crippen molar-refractivity contribution in [3.05, 3.63) is 60.5 Å². The van der Waals surface area contributed by atoms with Gasteiger partial charge in [0.1, 0.15) is 18.2 Å². The first-order valence-electron chi connectivity index (χ1n) is 8.70. The third-order valence-electron chi connectivity index (χ3n) is 4.62. The summed E-state index contributed by atoms with van der Waals surface area (Å²) in [6.07, 6.45) is 1.88. The quantitative estimate of drug-likeness (QED) is 0.651. The second-order valence-corrected chi connectivity index (χ2v) is 8.29. The van der Waals surface area contributed by atoms with E-state index < -0.39 is 15.8 Å². The largest absolute Gasteiger partial charge is 0.492 e. The maximum absolute atomic E-state index is 12.9. The van der Waals surface area contributed by atoms with Gasteiger partial charge in [0.25, 0.3) is 0 Å². The van der Waals surface area contributed by atoms with Crippen LogP contribution in [0.4, 0.5) is 4.39 Å². The van der Waals surface area contributed by atoms with Crippen LogP contribution in [0, 0.1) is 5.82 Å². The number of likely N-dealkylation sites (tertiary alicyclic amines) is 1. The van der Waals surface area contributed by atoms with Crippen LogP contribution in [-0.4, -0.2) is 50.6 Å². The van der Waals surface area contributed by atoms with E-state index in [1.807, 2.05) is 30.5 Å². The number of hydrogen-bond acceptors (Lipinski definition) is 4. The SMILES string of the molecule is O=S(=O)(NC1CN(CCOc2cccc3[nH]ccc23)C1)c1ccc(F)cc1. The fourth-order valence-corrected chi connectivity index (χ4v) is 4.41. The zero-order chi connectivity index (χ0) is 18.9. The Morgan fingerprint density at radius 1 is 1.15 bits per heavy atom. The van der Waals surface area contributed by atoms with Gasteiger partial charge in [-0.25, -0.2) is 17.5 Å². The summed E-state index contributed by atoms with van der Waals surface area (Å²) in [4.78, 5) is 5.34. The van der Waals surface area contributed by atoms with E-state index in [0.717, 1.165) is 35.3 Å². The second-order valence-electron chi connectivity index (χ2n) is 6.58. The summed E-state index contributed by atoms with van der Waals surface area (Å²) < 4.78 is 46.0. The van der Waals surface area contributed by atoms with E-state index in [-0.39, 0.29) is 10.9 Å². The summed E-state index contributed by atoms with van der Waals surface area (Å²) in [6.45, 7) is 2.49. The maximum Gasteiger partial charge on any atom is 0.240 e. The number of rotatable bonds is 7. The molecule has 1 fully saturated rings. The Balaban J connectivity index is 1.24. The first-order chi connectivity index (χ1) is 13.0. The number of ether oxygens (including phenoxy) is 1. The van der Waals surface area contributed by atoms with Crippen molar-refractivity contribution >= 4 is 20.9 Å². The zero-order valence-electron chi connectivity index (χ0n) is 14.6. The van der Waals surface area contributed by atoms with Gasteiger partial charge in [-0.15, -0.1) is 0 Å². The van der Waals surface area contributed by atoms with Crippen LogP contribution in [0.3, 0.4) is 0 Å². The molecule has 1 aliphatic heterocycles. The standard InChI is InChI=1S/C19H20FN3O3S/c20-14-4-6-16(7-5-14)27(24,25)22-15-12-23(13-15)10-11-26-19-3-1-2-18-17(19)8-9-21-18/h1-9,15,21-22H,10-13H2. The first kappa shape index (κ1) is 18.0. The molecule has 0 bridgehead atoms. The normalized spacial score (nSPS) is 15.7. The highest BCUT2D eigenvalue weighted by Gasteiger charge is 2.30. The van der Waals surface area contributed by atoms with Crippen LogP contribution < -0.4 is 9.46 Å². The molecule has 2 aromatic carbocycles. The Morgan fingerprint density at radius 3 is 2.70 bits per heavy atom. The molecule has 3 aromatic rings. The molecule has 6 nitrogen and oxygen atoms in total. The Morgan fingerprint density at radius 2 is 1.93 bits per heavy atom. The van der Waals surface area contributed by atoms with Crippen LogP contribution in [0.2, 0.25) is 0 Å². The molecule has 1 aromatic heterocycles. The van der Waals surface area contributed by atoms with Crippen molar-refractivity contribution < 1.29 is 17.5 Å². The van der Waals surface area contributed by atoms with Crippen molar-refractivity contribution in [3.63, 3.8) is 0 Å². The Kier molecular flexibility index (Phi) is 4.86. The van der Waals surface area contributed by atoms with Crippen LogP contribution in [0.15, 0.2) is 59.6 Å². The predicted molar refractivity (Wildman–Crippen MR) is 101 cm³/mol. The Hall–Kier alpha value is -2.42. The van der Waals surface area contributed by atoms with Gasteiger partial charge in [0.15, 0.2) is 0 Å². The number of H-pyrrole nitrogens is 1. The number of aromatic nitrogens is 1. The van der Waals surface area contributed by atoms with Gasteiger partial charge in [-0.2, -0.15) is 0 Å².